The summed E-state index contributed by atoms with van der Waals surface area (Å²) in [6.07, 6.45) is 0.299. The van der Waals surface area contributed by atoms with E-state index >= 15 is 0 Å². The third-order valence-corrected chi connectivity index (χ3v) is 6.64. The maximum atomic E-state index is 12.6. The summed E-state index contributed by atoms with van der Waals surface area (Å²) >= 11 is 1.37. The minimum Gasteiger partial charge on any atom is -0.396 e. The third-order valence-electron chi connectivity index (χ3n) is 5.91. The van der Waals surface area contributed by atoms with Gasteiger partial charge in [-0.1, -0.05) is 30.3 Å². The van der Waals surface area contributed by atoms with E-state index in [-0.39, 0.29) is 24.3 Å². The highest BCUT2D eigenvalue weighted by atomic mass is 32.1. The van der Waals surface area contributed by atoms with Crippen LogP contribution in [0.5, 0.6) is 0 Å². The number of hydrogen-bond donors (Lipinski definition) is 3. The number of amides is 1. The van der Waals surface area contributed by atoms with E-state index < -0.39 is 11.5 Å². The van der Waals surface area contributed by atoms with Gasteiger partial charge in [-0.3, -0.25) is 4.79 Å². The molecular weight excluding hydrogens is 350 g/mol. The first-order valence-electron chi connectivity index (χ1n) is 8.87. The lowest BCUT2D eigenvalue weighted by atomic mass is 9.95. The van der Waals surface area contributed by atoms with Crippen LogP contribution < -0.4 is 5.73 Å². The number of rotatable bonds is 5. The predicted molar refractivity (Wildman–Crippen MR) is 99.6 cm³/mol. The van der Waals surface area contributed by atoms with Crippen molar-refractivity contribution in [2.24, 2.45) is 11.3 Å². The van der Waals surface area contributed by atoms with Gasteiger partial charge in [0.05, 0.1) is 11.8 Å². The number of aliphatic hydroxyl groups excluding tert-OH is 2. The summed E-state index contributed by atoms with van der Waals surface area (Å²) in [5, 5.41) is 22.9. The Hall–Kier alpha value is -1.96. The number of aromatic nitrogens is 1. The van der Waals surface area contributed by atoms with Gasteiger partial charge in [0, 0.05) is 36.9 Å². The van der Waals surface area contributed by atoms with Gasteiger partial charge in [0.1, 0.15) is 0 Å². The predicted octanol–water partition coefficient (Wildman–Crippen LogP) is 1.25. The molecule has 1 amide bonds. The molecular formula is C19H23N3O3S. The lowest BCUT2D eigenvalue weighted by Gasteiger charge is -2.16. The average Bonchev–Trinajstić information content (AvgIpc) is 2.88. The maximum absolute atomic E-state index is 12.6. The van der Waals surface area contributed by atoms with E-state index in [9.17, 15) is 15.0 Å². The van der Waals surface area contributed by atoms with Gasteiger partial charge in [-0.15, -0.1) is 11.3 Å². The molecule has 4 N–H and O–H groups in total. The van der Waals surface area contributed by atoms with Crippen LogP contribution in [0, 0.1) is 11.3 Å². The van der Waals surface area contributed by atoms with Gasteiger partial charge in [-0.05, 0) is 23.8 Å². The van der Waals surface area contributed by atoms with Crippen molar-refractivity contribution in [1.29, 1.82) is 0 Å². The first kappa shape index (κ1) is 17.5. The molecule has 26 heavy (non-hydrogen) atoms. The number of nitrogens with two attached hydrogens (primary N) is 1. The fourth-order valence-electron chi connectivity index (χ4n) is 4.59. The molecule has 0 bridgehead atoms. The Labute approximate surface area is 156 Å². The van der Waals surface area contributed by atoms with Crippen molar-refractivity contribution < 1.29 is 15.0 Å². The third kappa shape index (κ3) is 2.80. The molecule has 4 atom stereocenters. The van der Waals surface area contributed by atoms with Crippen molar-refractivity contribution in [3.63, 3.8) is 0 Å². The van der Waals surface area contributed by atoms with Crippen LogP contribution in [0.25, 0.3) is 0 Å². The molecule has 1 spiro atoms. The molecule has 2 fully saturated rings. The number of nitrogen functional groups attached to an aromatic ring is 1. The summed E-state index contributed by atoms with van der Waals surface area (Å²) in [5.74, 6) is 0.110. The van der Waals surface area contributed by atoms with Crippen molar-refractivity contribution in [3.8, 4) is 0 Å². The van der Waals surface area contributed by atoms with Gasteiger partial charge < -0.3 is 20.8 Å². The number of anilines is 1. The SMILES string of the molecule is Nc1nc(CCC(=O)N2C[C@@H](O)[C@@]3(C2)[C@H](CO)[C@H]3c2ccccc2)cs1. The van der Waals surface area contributed by atoms with Crippen LogP contribution in [0.2, 0.25) is 0 Å². The van der Waals surface area contributed by atoms with Gasteiger partial charge in [0.25, 0.3) is 0 Å². The summed E-state index contributed by atoms with van der Waals surface area (Å²) in [7, 11) is 0. The molecule has 1 aromatic heterocycles. The molecule has 1 aliphatic heterocycles. The number of aliphatic hydroxyl groups is 2. The highest BCUT2D eigenvalue weighted by Gasteiger charge is 2.71. The highest BCUT2D eigenvalue weighted by molar-refractivity contribution is 7.13. The number of benzene rings is 1. The Balaban J connectivity index is 1.44. The van der Waals surface area contributed by atoms with E-state index in [0.717, 1.165) is 11.3 Å². The summed E-state index contributed by atoms with van der Waals surface area (Å²) in [5.41, 5.74) is 7.16. The highest BCUT2D eigenvalue weighted by Crippen LogP contribution is 2.68. The number of carbonyl (C=O) groups is 1. The monoisotopic (exact) mass is 373 g/mol. The zero-order chi connectivity index (χ0) is 18.3. The number of likely N-dealkylation sites (tertiary alicyclic amines) is 1. The number of nitrogens with zero attached hydrogens (tertiary/aromatic N) is 2. The normalized spacial score (nSPS) is 30.1. The molecule has 4 rings (SSSR count). The van der Waals surface area contributed by atoms with Gasteiger partial charge in [0.15, 0.2) is 5.13 Å². The number of aryl methyl sites for hydroxylation is 1. The largest absolute Gasteiger partial charge is 0.396 e. The molecule has 2 heterocycles. The first-order valence-corrected chi connectivity index (χ1v) is 9.75. The van der Waals surface area contributed by atoms with Crippen molar-refractivity contribution in [2.45, 2.75) is 24.9 Å². The molecule has 1 aliphatic carbocycles. The Morgan fingerprint density at radius 2 is 2.15 bits per heavy atom. The second kappa shape index (κ2) is 6.64. The van der Waals surface area contributed by atoms with Crippen LogP contribution in [0.3, 0.4) is 0 Å². The van der Waals surface area contributed by atoms with Crippen LogP contribution in [0.4, 0.5) is 5.13 Å². The van der Waals surface area contributed by atoms with E-state index in [1.165, 1.54) is 11.3 Å². The molecule has 0 radical (unpaired) electrons. The zero-order valence-corrected chi connectivity index (χ0v) is 15.2. The quantitative estimate of drug-likeness (QED) is 0.733. The minimum absolute atomic E-state index is 0.00367. The Bertz CT molecular complexity index is 796. The van der Waals surface area contributed by atoms with Crippen molar-refractivity contribution in [1.82, 2.24) is 9.88 Å². The van der Waals surface area contributed by atoms with E-state index in [2.05, 4.69) is 4.98 Å². The van der Waals surface area contributed by atoms with E-state index in [1.807, 2.05) is 35.7 Å². The molecule has 6 nitrogen and oxygen atoms in total. The number of hydrogen-bond acceptors (Lipinski definition) is 6. The number of carbonyl (C=O) groups excluding carboxylic acids is 1. The molecule has 138 valence electrons. The van der Waals surface area contributed by atoms with Crippen LogP contribution in [0.1, 0.15) is 23.6 Å². The van der Waals surface area contributed by atoms with Crippen LogP contribution in [0.15, 0.2) is 35.7 Å². The maximum Gasteiger partial charge on any atom is 0.223 e. The molecule has 2 aliphatic rings. The van der Waals surface area contributed by atoms with E-state index in [0.29, 0.717) is 31.1 Å². The summed E-state index contributed by atoms with van der Waals surface area (Å²) in [6, 6.07) is 9.97. The van der Waals surface area contributed by atoms with Gasteiger partial charge in [-0.25, -0.2) is 4.98 Å². The van der Waals surface area contributed by atoms with Crippen LogP contribution in [-0.2, 0) is 11.2 Å². The lowest BCUT2D eigenvalue weighted by molar-refractivity contribution is -0.130. The van der Waals surface area contributed by atoms with E-state index in [4.69, 9.17) is 5.73 Å². The van der Waals surface area contributed by atoms with Crippen molar-refractivity contribution >= 4 is 22.4 Å². The van der Waals surface area contributed by atoms with E-state index in [1.54, 1.807) is 4.90 Å². The minimum atomic E-state index is -0.608. The van der Waals surface area contributed by atoms with Gasteiger partial charge in [0.2, 0.25) is 5.91 Å². The second-order valence-electron chi connectivity index (χ2n) is 7.26. The van der Waals surface area contributed by atoms with Gasteiger partial charge in [-0.2, -0.15) is 0 Å². The fraction of sp³-hybridized carbons (Fsp3) is 0.474. The Morgan fingerprint density at radius 1 is 1.38 bits per heavy atom. The first-order chi connectivity index (χ1) is 12.6. The average molecular weight is 373 g/mol. The van der Waals surface area contributed by atoms with Crippen molar-refractivity contribution in [2.75, 3.05) is 25.4 Å². The summed E-state index contributed by atoms with van der Waals surface area (Å²) < 4.78 is 0. The number of β-amino-alcohol motifs (C(OH)–C–C–N with tert-alkyl or cyclic N) is 1. The fourth-order valence-corrected chi connectivity index (χ4v) is 5.19. The lowest BCUT2D eigenvalue weighted by Crippen LogP contribution is -2.30. The summed E-state index contributed by atoms with van der Waals surface area (Å²) in [4.78, 5) is 18.5. The Kier molecular flexibility index (Phi) is 4.46. The van der Waals surface area contributed by atoms with Crippen molar-refractivity contribution in [3.05, 3.63) is 47.0 Å². The smallest absolute Gasteiger partial charge is 0.223 e. The van der Waals surface area contributed by atoms with Gasteiger partial charge >= 0.3 is 0 Å². The topological polar surface area (TPSA) is 99.7 Å². The van der Waals surface area contributed by atoms with Crippen LogP contribution in [-0.4, -0.2) is 51.8 Å². The molecule has 2 aromatic rings. The standard InChI is InChI=1S/C19H23N3O3S/c20-18-21-13(10-26-18)6-7-16(25)22-8-15(24)19(11-22)14(9-23)17(19)12-4-2-1-3-5-12/h1-5,10,14-15,17,23-24H,6-9,11H2,(H2,20,21)/t14-,15-,17-,19-/m1/s1. The Morgan fingerprint density at radius 3 is 2.81 bits per heavy atom. The zero-order valence-electron chi connectivity index (χ0n) is 14.4. The second-order valence-corrected chi connectivity index (χ2v) is 8.15. The summed E-state index contributed by atoms with van der Waals surface area (Å²) in [6.45, 7) is 0.853. The molecule has 0 unspecified atom stereocenters. The number of thiazole rings is 1. The molecule has 1 saturated heterocycles. The van der Waals surface area contributed by atoms with Crippen LogP contribution >= 0.6 is 11.3 Å². The molecule has 7 heteroatoms. The molecule has 1 saturated carbocycles. The molecule has 1 aromatic carbocycles.